The Morgan fingerprint density at radius 1 is 1.44 bits per heavy atom. The van der Waals surface area contributed by atoms with E-state index in [4.69, 9.17) is 9.47 Å². The van der Waals surface area contributed by atoms with Gasteiger partial charge in [-0.25, -0.2) is 0 Å². The molecule has 2 atom stereocenters. The molecule has 0 spiro atoms. The van der Waals surface area contributed by atoms with E-state index in [1.807, 2.05) is 0 Å². The molecule has 2 rings (SSSR count). The number of rotatable bonds is 0. The maximum atomic E-state index is 10.6. The van der Waals surface area contributed by atoms with E-state index in [9.17, 15) is 4.79 Å². The van der Waals surface area contributed by atoms with E-state index in [1.54, 1.807) is 0 Å². The van der Waals surface area contributed by atoms with Crippen LogP contribution in [0.2, 0.25) is 0 Å². The third kappa shape index (κ3) is 0.721. The van der Waals surface area contributed by atoms with Gasteiger partial charge >= 0.3 is 5.97 Å². The molecule has 0 radical (unpaired) electrons. The lowest BCUT2D eigenvalue weighted by atomic mass is 10.1. The molecule has 0 unspecified atom stereocenters. The lowest BCUT2D eigenvalue weighted by Crippen LogP contribution is -2.12. The molecule has 2 aliphatic rings. The van der Waals surface area contributed by atoms with Gasteiger partial charge in [-0.2, -0.15) is 0 Å². The van der Waals surface area contributed by atoms with Crippen molar-refractivity contribution in [3.05, 3.63) is 0 Å². The molecule has 0 aromatic rings. The summed E-state index contributed by atoms with van der Waals surface area (Å²) in [5, 5.41) is 0. The molecule has 2 saturated heterocycles. The molecule has 0 saturated carbocycles. The van der Waals surface area contributed by atoms with Crippen LogP contribution in [0.5, 0.6) is 0 Å². The van der Waals surface area contributed by atoms with Crippen LogP contribution in [0.3, 0.4) is 0 Å². The maximum absolute atomic E-state index is 10.6. The van der Waals surface area contributed by atoms with Crippen molar-refractivity contribution < 1.29 is 14.3 Å². The third-order valence-corrected chi connectivity index (χ3v) is 1.85. The summed E-state index contributed by atoms with van der Waals surface area (Å²) in [5.74, 6) is 0.297. The minimum atomic E-state index is -0.0618. The van der Waals surface area contributed by atoms with Crippen LogP contribution in [-0.2, 0) is 14.3 Å². The second kappa shape index (κ2) is 1.70. The summed E-state index contributed by atoms with van der Waals surface area (Å²) in [5.41, 5.74) is 0. The largest absolute Gasteiger partial charge is 0.459 e. The molecule has 0 aromatic heterocycles. The molecule has 2 heterocycles. The Morgan fingerprint density at radius 2 is 2.33 bits per heavy atom. The van der Waals surface area contributed by atoms with Crippen molar-refractivity contribution in [3.63, 3.8) is 0 Å². The van der Waals surface area contributed by atoms with Crippen LogP contribution in [0.1, 0.15) is 6.42 Å². The van der Waals surface area contributed by atoms with Crippen molar-refractivity contribution in [2.24, 2.45) is 5.92 Å². The molecule has 0 N–H and O–H groups in total. The Hall–Kier alpha value is -0.570. The summed E-state index contributed by atoms with van der Waals surface area (Å²) < 4.78 is 10.0. The maximum Gasteiger partial charge on any atom is 0.306 e. The quantitative estimate of drug-likeness (QED) is 0.429. The zero-order chi connectivity index (χ0) is 6.27. The highest BCUT2D eigenvalue weighted by Crippen LogP contribution is 2.27. The first-order chi connectivity index (χ1) is 4.36. The van der Waals surface area contributed by atoms with Crippen LogP contribution in [-0.4, -0.2) is 25.3 Å². The van der Waals surface area contributed by atoms with E-state index >= 15 is 0 Å². The molecule has 0 aromatic carbocycles. The second-order valence-corrected chi connectivity index (χ2v) is 2.53. The van der Waals surface area contributed by atoms with Gasteiger partial charge in [-0.15, -0.1) is 0 Å². The molecule has 0 aliphatic carbocycles. The van der Waals surface area contributed by atoms with Gasteiger partial charge < -0.3 is 9.47 Å². The molecule has 0 amide bonds. The minimum absolute atomic E-state index is 0.0618. The molecular weight excluding hydrogens is 120 g/mol. The zero-order valence-electron chi connectivity index (χ0n) is 5.00. The van der Waals surface area contributed by atoms with Crippen LogP contribution >= 0.6 is 0 Å². The van der Waals surface area contributed by atoms with Crippen molar-refractivity contribution in [2.75, 3.05) is 13.2 Å². The van der Waals surface area contributed by atoms with Gasteiger partial charge in [0.25, 0.3) is 0 Å². The zero-order valence-corrected chi connectivity index (χ0v) is 5.00. The lowest BCUT2D eigenvalue weighted by molar-refractivity contribution is -0.142. The van der Waals surface area contributed by atoms with E-state index in [0.29, 0.717) is 25.6 Å². The summed E-state index contributed by atoms with van der Waals surface area (Å²) in [6.45, 7) is 1.31. The summed E-state index contributed by atoms with van der Waals surface area (Å²) in [4.78, 5) is 10.6. The van der Waals surface area contributed by atoms with Gasteiger partial charge in [-0.05, 0) is 0 Å². The highest BCUT2D eigenvalue weighted by atomic mass is 16.6. The Balaban J connectivity index is 2.09. The second-order valence-electron chi connectivity index (χ2n) is 2.53. The fraction of sp³-hybridized carbons (Fsp3) is 0.833. The first-order valence-electron chi connectivity index (χ1n) is 3.13. The first-order valence-corrected chi connectivity index (χ1v) is 3.13. The van der Waals surface area contributed by atoms with E-state index in [-0.39, 0.29) is 12.1 Å². The van der Waals surface area contributed by atoms with E-state index in [0.717, 1.165) is 0 Å². The standard InChI is InChI=1S/C6H8O3/c7-6-1-4-2-8-3-5(4)9-6/h4-5H,1-3H2/t4-,5-/m0/s1. The summed E-state index contributed by atoms with van der Waals surface area (Å²) in [6, 6.07) is 0. The normalized spacial score (nSPS) is 40.7. The van der Waals surface area contributed by atoms with E-state index in [1.165, 1.54) is 0 Å². The summed E-state index contributed by atoms with van der Waals surface area (Å²) in [6.07, 6.45) is 0.641. The van der Waals surface area contributed by atoms with E-state index < -0.39 is 0 Å². The van der Waals surface area contributed by atoms with Crippen molar-refractivity contribution in [2.45, 2.75) is 12.5 Å². The average Bonchev–Trinajstić information content (AvgIpc) is 2.22. The molecule has 0 bridgehead atoms. The predicted molar refractivity (Wildman–Crippen MR) is 28.8 cm³/mol. The number of hydrogen-bond acceptors (Lipinski definition) is 3. The van der Waals surface area contributed by atoms with Gasteiger partial charge in [-0.1, -0.05) is 0 Å². The lowest BCUT2D eigenvalue weighted by Gasteiger charge is -2.01. The molecule has 3 nitrogen and oxygen atoms in total. The summed E-state index contributed by atoms with van der Waals surface area (Å²) in [7, 11) is 0. The molecule has 2 aliphatic heterocycles. The fourth-order valence-corrected chi connectivity index (χ4v) is 1.33. The molecular formula is C6H8O3. The van der Waals surface area contributed by atoms with Gasteiger partial charge in [0, 0.05) is 5.92 Å². The highest BCUT2D eigenvalue weighted by Gasteiger charge is 2.38. The topological polar surface area (TPSA) is 35.5 Å². The molecule has 2 fully saturated rings. The van der Waals surface area contributed by atoms with Gasteiger partial charge in [-0.3, -0.25) is 4.79 Å². The van der Waals surface area contributed by atoms with Gasteiger partial charge in [0.05, 0.1) is 19.6 Å². The third-order valence-electron chi connectivity index (χ3n) is 1.85. The number of esters is 1. The van der Waals surface area contributed by atoms with Crippen molar-refractivity contribution in [1.82, 2.24) is 0 Å². The Bertz CT molecular complexity index is 129. The smallest absolute Gasteiger partial charge is 0.306 e. The van der Waals surface area contributed by atoms with Crippen molar-refractivity contribution in [3.8, 4) is 0 Å². The van der Waals surface area contributed by atoms with Gasteiger partial charge in [0.1, 0.15) is 6.10 Å². The number of ether oxygens (including phenoxy) is 2. The molecule has 3 heteroatoms. The monoisotopic (exact) mass is 128 g/mol. The van der Waals surface area contributed by atoms with Gasteiger partial charge in [0.15, 0.2) is 0 Å². The Morgan fingerprint density at radius 3 is 3.11 bits per heavy atom. The van der Waals surface area contributed by atoms with Crippen molar-refractivity contribution >= 4 is 5.97 Å². The Kier molecular flexibility index (Phi) is 0.990. The molecule has 50 valence electrons. The molecule has 9 heavy (non-hydrogen) atoms. The van der Waals surface area contributed by atoms with Crippen LogP contribution in [0.4, 0.5) is 0 Å². The number of hydrogen-bond donors (Lipinski definition) is 0. The number of carbonyl (C=O) groups is 1. The van der Waals surface area contributed by atoms with Crippen molar-refractivity contribution in [1.29, 1.82) is 0 Å². The SMILES string of the molecule is O=C1C[C@H]2COC[C@@H]2O1. The van der Waals surface area contributed by atoms with E-state index in [2.05, 4.69) is 0 Å². The average molecular weight is 128 g/mol. The number of carbonyl (C=O) groups excluding carboxylic acids is 1. The van der Waals surface area contributed by atoms with Gasteiger partial charge in [0.2, 0.25) is 0 Å². The Labute approximate surface area is 52.9 Å². The van der Waals surface area contributed by atoms with Crippen LogP contribution in [0.15, 0.2) is 0 Å². The summed E-state index contributed by atoms with van der Waals surface area (Å²) >= 11 is 0. The van der Waals surface area contributed by atoms with Crippen LogP contribution < -0.4 is 0 Å². The minimum Gasteiger partial charge on any atom is -0.459 e. The van der Waals surface area contributed by atoms with Crippen LogP contribution in [0.25, 0.3) is 0 Å². The highest BCUT2D eigenvalue weighted by molar-refractivity contribution is 5.72. The fourth-order valence-electron chi connectivity index (χ4n) is 1.33. The predicted octanol–water partition coefficient (Wildman–Crippen LogP) is -0.0517. The van der Waals surface area contributed by atoms with Crippen LogP contribution in [0, 0.1) is 5.92 Å². The first kappa shape index (κ1) is 5.23. The number of fused-ring (bicyclic) bond motifs is 1.